The molecule has 1 atom stereocenters. The summed E-state index contributed by atoms with van der Waals surface area (Å²) in [4.78, 5) is 2.41. The van der Waals surface area contributed by atoms with E-state index in [9.17, 15) is 5.11 Å². The second kappa shape index (κ2) is 8.50. The summed E-state index contributed by atoms with van der Waals surface area (Å²) < 4.78 is 7.82. The van der Waals surface area contributed by atoms with Crippen LogP contribution in [0.15, 0.2) is 42.7 Å². The van der Waals surface area contributed by atoms with Crippen molar-refractivity contribution in [1.29, 1.82) is 0 Å². The molecule has 5 heteroatoms. The standard InChI is InChI=1S/C20H29N3O2/c1-2-11-23-16-18(14-21-23)15-22-12-6-9-20(24,10-13-22)17-25-19-7-4-3-5-8-19/h3-5,7-8,14,16,24H,2,6,9-13,15,17H2,1H3. The number of aliphatic hydroxyl groups is 1. The summed E-state index contributed by atoms with van der Waals surface area (Å²) in [6.45, 7) is 6.28. The van der Waals surface area contributed by atoms with E-state index in [0.29, 0.717) is 6.61 Å². The lowest BCUT2D eigenvalue weighted by atomic mass is 9.96. The van der Waals surface area contributed by atoms with Crippen molar-refractivity contribution in [3.63, 3.8) is 0 Å². The van der Waals surface area contributed by atoms with Gasteiger partial charge in [0.1, 0.15) is 12.4 Å². The molecule has 1 fully saturated rings. The third-order valence-electron chi connectivity index (χ3n) is 4.81. The molecule has 1 aliphatic heterocycles. The van der Waals surface area contributed by atoms with Gasteiger partial charge in [0.05, 0.1) is 11.8 Å². The summed E-state index contributed by atoms with van der Waals surface area (Å²) in [7, 11) is 0. The molecular weight excluding hydrogens is 314 g/mol. The predicted molar refractivity (Wildman–Crippen MR) is 98.5 cm³/mol. The van der Waals surface area contributed by atoms with Gasteiger partial charge in [0.15, 0.2) is 0 Å². The number of hydrogen-bond acceptors (Lipinski definition) is 4. The number of para-hydroxylation sites is 1. The highest BCUT2D eigenvalue weighted by atomic mass is 16.5. The first-order valence-electron chi connectivity index (χ1n) is 9.31. The van der Waals surface area contributed by atoms with Crippen LogP contribution in [0.5, 0.6) is 5.75 Å². The van der Waals surface area contributed by atoms with E-state index in [-0.39, 0.29) is 0 Å². The first kappa shape index (κ1) is 18.0. The van der Waals surface area contributed by atoms with Crippen molar-refractivity contribution in [3.8, 4) is 5.75 Å². The minimum atomic E-state index is -0.739. The van der Waals surface area contributed by atoms with Crippen LogP contribution in [0.3, 0.4) is 0 Å². The predicted octanol–water partition coefficient (Wildman–Crippen LogP) is 3.09. The van der Waals surface area contributed by atoms with E-state index in [1.165, 1.54) is 5.56 Å². The number of benzene rings is 1. The number of aryl methyl sites for hydroxylation is 1. The maximum absolute atomic E-state index is 10.9. The summed E-state index contributed by atoms with van der Waals surface area (Å²) >= 11 is 0. The Morgan fingerprint density at radius 3 is 2.84 bits per heavy atom. The fourth-order valence-corrected chi connectivity index (χ4v) is 3.37. The Balaban J connectivity index is 1.50. The van der Waals surface area contributed by atoms with E-state index in [1.807, 2.05) is 41.2 Å². The zero-order chi connectivity index (χ0) is 17.5. The Morgan fingerprint density at radius 2 is 2.04 bits per heavy atom. The lowest BCUT2D eigenvalue weighted by molar-refractivity contribution is -0.0168. The highest BCUT2D eigenvalue weighted by molar-refractivity contribution is 5.21. The maximum atomic E-state index is 10.9. The van der Waals surface area contributed by atoms with E-state index in [1.54, 1.807) is 0 Å². The molecule has 136 valence electrons. The monoisotopic (exact) mass is 343 g/mol. The fourth-order valence-electron chi connectivity index (χ4n) is 3.37. The van der Waals surface area contributed by atoms with Gasteiger partial charge in [0.2, 0.25) is 0 Å². The molecular formula is C20H29N3O2. The van der Waals surface area contributed by atoms with Crippen molar-refractivity contribution in [3.05, 3.63) is 48.3 Å². The minimum Gasteiger partial charge on any atom is -0.491 e. The Hall–Kier alpha value is -1.85. The smallest absolute Gasteiger partial charge is 0.119 e. The average molecular weight is 343 g/mol. The molecule has 0 spiro atoms. The van der Waals surface area contributed by atoms with Gasteiger partial charge in [-0.2, -0.15) is 5.10 Å². The van der Waals surface area contributed by atoms with Crippen LogP contribution in [0.1, 0.15) is 38.2 Å². The lowest BCUT2D eigenvalue weighted by Crippen LogP contribution is -2.37. The van der Waals surface area contributed by atoms with Gasteiger partial charge in [0.25, 0.3) is 0 Å². The molecule has 2 heterocycles. The van der Waals surface area contributed by atoms with Gasteiger partial charge in [-0.25, -0.2) is 0 Å². The number of likely N-dealkylation sites (tertiary alicyclic amines) is 1. The zero-order valence-electron chi connectivity index (χ0n) is 15.1. The van der Waals surface area contributed by atoms with E-state index >= 15 is 0 Å². The van der Waals surface area contributed by atoms with Gasteiger partial charge in [-0.3, -0.25) is 9.58 Å². The first-order valence-corrected chi connectivity index (χ1v) is 9.31. The third-order valence-corrected chi connectivity index (χ3v) is 4.81. The van der Waals surface area contributed by atoms with Crippen LogP contribution >= 0.6 is 0 Å². The molecule has 0 aliphatic carbocycles. The molecule has 1 aromatic carbocycles. The topological polar surface area (TPSA) is 50.5 Å². The van der Waals surface area contributed by atoms with E-state index in [4.69, 9.17) is 4.74 Å². The number of nitrogens with zero attached hydrogens (tertiary/aromatic N) is 3. The molecule has 1 aliphatic rings. The summed E-state index contributed by atoms with van der Waals surface area (Å²) in [5.74, 6) is 0.820. The zero-order valence-corrected chi connectivity index (χ0v) is 15.1. The van der Waals surface area contributed by atoms with Gasteiger partial charge in [-0.1, -0.05) is 25.1 Å². The molecule has 5 nitrogen and oxygen atoms in total. The van der Waals surface area contributed by atoms with Crippen molar-refractivity contribution in [2.24, 2.45) is 0 Å². The van der Waals surface area contributed by atoms with Crippen molar-refractivity contribution in [2.75, 3.05) is 19.7 Å². The highest BCUT2D eigenvalue weighted by Gasteiger charge is 2.31. The summed E-state index contributed by atoms with van der Waals surface area (Å²) in [6.07, 6.45) is 7.70. The Morgan fingerprint density at radius 1 is 1.20 bits per heavy atom. The SMILES string of the molecule is CCCn1cc(CN2CCCC(O)(COc3ccccc3)CC2)cn1. The van der Waals surface area contributed by atoms with Crippen LogP contribution in [0, 0.1) is 0 Å². The quantitative estimate of drug-likeness (QED) is 0.839. The summed E-state index contributed by atoms with van der Waals surface area (Å²) in [5, 5.41) is 15.3. The second-order valence-corrected chi connectivity index (χ2v) is 7.07. The average Bonchev–Trinajstić information content (AvgIpc) is 2.97. The molecule has 1 N–H and O–H groups in total. The molecule has 0 bridgehead atoms. The van der Waals surface area contributed by atoms with Crippen LogP contribution in [0.4, 0.5) is 0 Å². The third kappa shape index (κ3) is 5.31. The molecule has 1 aromatic heterocycles. The van der Waals surface area contributed by atoms with E-state index < -0.39 is 5.60 Å². The summed E-state index contributed by atoms with van der Waals surface area (Å²) in [6, 6.07) is 9.73. The Kier molecular flexibility index (Phi) is 6.10. The van der Waals surface area contributed by atoms with Gasteiger partial charge >= 0.3 is 0 Å². The van der Waals surface area contributed by atoms with Gasteiger partial charge in [-0.15, -0.1) is 0 Å². The second-order valence-electron chi connectivity index (χ2n) is 7.07. The summed E-state index contributed by atoms with van der Waals surface area (Å²) in [5.41, 5.74) is 0.510. The molecule has 0 amide bonds. The van der Waals surface area contributed by atoms with Crippen molar-refractivity contribution in [1.82, 2.24) is 14.7 Å². The van der Waals surface area contributed by atoms with Crippen LogP contribution < -0.4 is 4.74 Å². The minimum absolute atomic E-state index is 0.360. The number of hydrogen-bond donors (Lipinski definition) is 1. The molecule has 0 radical (unpaired) electrons. The molecule has 25 heavy (non-hydrogen) atoms. The number of ether oxygens (including phenoxy) is 1. The van der Waals surface area contributed by atoms with Gasteiger partial charge in [-0.05, 0) is 44.4 Å². The highest BCUT2D eigenvalue weighted by Crippen LogP contribution is 2.24. The van der Waals surface area contributed by atoms with Crippen LogP contribution in [0.25, 0.3) is 0 Å². The largest absolute Gasteiger partial charge is 0.491 e. The molecule has 2 aromatic rings. The first-order chi connectivity index (χ1) is 12.2. The number of rotatable bonds is 7. The van der Waals surface area contributed by atoms with Gasteiger partial charge in [0, 0.05) is 31.4 Å². The molecule has 1 unspecified atom stereocenters. The van der Waals surface area contributed by atoms with Crippen molar-refractivity contribution < 1.29 is 9.84 Å². The molecule has 0 saturated carbocycles. The van der Waals surface area contributed by atoms with Crippen molar-refractivity contribution >= 4 is 0 Å². The fraction of sp³-hybridized carbons (Fsp3) is 0.550. The Labute approximate surface area is 150 Å². The lowest BCUT2D eigenvalue weighted by Gasteiger charge is -2.27. The van der Waals surface area contributed by atoms with E-state index in [0.717, 1.165) is 57.6 Å². The molecule has 3 rings (SSSR count). The normalized spacial score (nSPS) is 21.8. The Bertz CT molecular complexity index is 643. The molecule has 1 saturated heterocycles. The van der Waals surface area contributed by atoms with Crippen LogP contribution in [-0.2, 0) is 13.1 Å². The van der Waals surface area contributed by atoms with E-state index in [2.05, 4.69) is 23.1 Å². The maximum Gasteiger partial charge on any atom is 0.119 e. The van der Waals surface area contributed by atoms with Gasteiger partial charge < -0.3 is 9.84 Å². The van der Waals surface area contributed by atoms with Crippen LogP contribution in [0.2, 0.25) is 0 Å². The van der Waals surface area contributed by atoms with Crippen molar-refractivity contribution in [2.45, 2.75) is 51.3 Å². The van der Waals surface area contributed by atoms with Crippen LogP contribution in [-0.4, -0.2) is 45.1 Å². The number of aromatic nitrogens is 2.